The quantitative estimate of drug-likeness (QED) is 0.517. The van der Waals surface area contributed by atoms with Crippen LogP contribution in [0.3, 0.4) is 0 Å². The number of anilines is 1. The highest BCUT2D eigenvalue weighted by Crippen LogP contribution is 2.33. The van der Waals surface area contributed by atoms with Crippen LogP contribution in [-0.4, -0.2) is 29.6 Å². The maximum atomic E-state index is 11.0. The minimum atomic E-state index is -1.20. The van der Waals surface area contributed by atoms with E-state index in [1.807, 2.05) is 48.6 Å². The van der Waals surface area contributed by atoms with Gasteiger partial charge in [-0.1, -0.05) is 54.6 Å². The monoisotopic (exact) mass is 321 g/mol. The zero-order chi connectivity index (χ0) is 16.9. The molecule has 1 aliphatic rings. The van der Waals surface area contributed by atoms with E-state index < -0.39 is 12.1 Å². The molecule has 0 saturated carbocycles. The smallest absolute Gasteiger partial charge is 0.371 e. The first-order chi connectivity index (χ1) is 11.7. The van der Waals surface area contributed by atoms with Crippen molar-refractivity contribution in [2.45, 2.75) is 12.6 Å². The molecule has 0 aromatic heterocycles. The van der Waals surface area contributed by atoms with Gasteiger partial charge in [-0.15, -0.1) is 0 Å². The van der Waals surface area contributed by atoms with Gasteiger partial charge in [0.15, 0.2) is 0 Å². The topological polar surface area (TPSA) is 78.9 Å². The molecule has 1 atom stereocenters. The van der Waals surface area contributed by atoms with E-state index >= 15 is 0 Å². The number of nitrogens with two attached hydrogens (primary N) is 1. The van der Waals surface area contributed by atoms with Crippen LogP contribution in [0.1, 0.15) is 6.42 Å². The summed E-state index contributed by atoms with van der Waals surface area (Å²) in [6.45, 7) is 0.751. The molecule has 0 amide bonds. The molecular formula is C19H19N3O2. The van der Waals surface area contributed by atoms with Crippen molar-refractivity contribution in [3.63, 3.8) is 0 Å². The lowest BCUT2D eigenvalue weighted by molar-refractivity contribution is -0.129. The number of rotatable bonds is 3. The van der Waals surface area contributed by atoms with Crippen molar-refractivity contribution in [2.75, 3.05) is 11.4 Å². The second-order valence-electron chi connectivity index (χ2n) is 5.53. The average Bonchev–Trinajstić information content (AvgIpc) is 2.63. The summed E-state index contributed by atoms with van der Waals surface area (Å²) in [5.74, 6) is -1.58. The van der Waals surface area contributed by atoms with E-state index in [1.165, 1.54) is 0 Å². The van der Waals surface area contributed by atoms with Gasteiger partial charge in [0.05, 0.1) is 0 Å². The summed E-state index contributed by atoms with van der Waals surface area (Å²) < 4.78 is 0. The maximum absolute atomic E-state index is 11.0. The summed E-state index contributed by atoms with van der Waals surface area (Å²) in [4.78, 5) is 17.2. The van der Waals surface area contributed by atoms with Crippen molar-refractivity contribution in [1.82, 2.24) is 0 Å². The normalized spacial score (nSPS) is 17.8. The fraction of sp³-hybridized carbons (Fsp3) is 0.158. The molecule has 0 radical (unpaired) electrons. The molecule has 3 rings (SSSR count). The van der Waals surface area contributed by atoms with Gasteiger partial charge < -0.3 is 15.7 Å². The summed E-state index contributed by atoms with van der Waals surface area (Å²) in [5, 5.41) is 9.00. The van der Waals surface area contributed by atoms with Crippen LogP contribution in [-0.2, 0) is 4.79 Å². The van der Waals surface area contributed by atoms with Crippen LogP contribution in [0.2, 0.25) is 0 Å². The van der Waals surface area contributed by atoms with Crippen LogP contribution < -0.4 is 10.6 Å². The standard InChI is InChI=1S/C19H19N3O2/c20-18(19(23)24)21-17-12-6-7-13-22(17)16-11-5-4-10-15(16)14-8-2-1-3-9-14/h1-6,8-12,17H,7,13H2,(H2,20,21)(H,23,24). The number of carboxylic acids is 1. The fourth-order valence-corrected chi connectivity index (χ4v) is 2.83. The van der Waals surface area contributed by atoms with Crippen LogP contribution >= 0.6 is 0 Å². The van der Waals surface area contributed by atoms with E-state index in [2.05, 4.69) is 28.1 Å². The third kappa shape index (κ3) is 3.30. The van der Waals surface area contributed by atoms with Crippen LogP contribution in [0.15, 0.2) is 71.7 Å². The molecule has 1 heterocycles. The Bertz CT molecular complexity index is 784. The highest BCUT2D eigenvalue weighted by Gasteiger charge is 2.22. The van der Waals surface area contributed by atoms with Gasteiger partial charge in [0.1, 0.15) is 6.17 Å². The predicted octanol–water partition coefficient (Wildman–Crippen LogP) is 2.89. The lowest BCUT2D eigenvalue weighted by Gasteiger charge is -2.33. The molecule has 0 bridgehead atoms. The first-order valence-corrected chi connectivity index (χ1v) is 7.81. The SMILES string of the molecule is N/C(=N\C1C=CCCN1c1ccccc1-c1ccccc1)C(=O)O. The molecule has 0 spiro atoms. The number of hydrogen-bond acceptors (Lipinski definition) is 3. The Morgan fingerprint density at radius 2 is 1.83 bits per heavy atom. The van der Waals surface area contributed by atoms with Gasteiger partial charge in [-0.25, -0.2) is 9.79 Å². The number of carboxylic acid groups (broad SMARTS) is 1. The van der Waals surface area contributed by atoms with Gasteiger partial charge in [0, 0.05) is 17.8 Å². The van der Waals surface area contributed by atoms with E-state index in [1.54, 1.807) is 0 Å². The molecule has 1 aliphatic heterocycles. The molecule has 2 aromatic rings. The van der Waals surface area contributed by atoms with E-state index in [0.717, 1.165) is 29.8 Å². The zero-order valence-electron chi connectivity index (χ0n) is 13.2. The molecule has 0 aliphatic carbocycles. The van der Waals surface area contributed by atoms with Crippen LogP contribution in [0.25, 0.3) is 11.1 Å². The third-order valence-electron chi connectivity index (χ3n) is 3.95. The Labute approximate surface area is 140 Å². The predicted molar refractivity (Wildman–Crippen MR) is 96.0 cm³/mol. The summed E-state index contributed by atoms with van der Waals surface area (Å²) >= 11 is 0. The van der Waals surface area contributed by atoms with Crippen molar-refractivity contribution < 1.29 is 9.90 Å². The van der Waals surface area contributed by atoms with Crippen molar-refractivity contribution in [3.05, 3.63) is 66.7 Å². The molecule has 1 unspecified atom stereocenters. The number of amidine groups is 1. The highest BCUT2D eigenvalue weighted by molar-refractivity contribution is 6.33. The number of benzene rings is 2. The second-order valence-corrected chi connectivity index (χ2v) is 5.53. The van der Waals surface area contributed by atoms with Gasteiger partial charge in [-0.3, -0.25) is 0 Å². The summed E-state index contributed by atoms with van der Waals surface area (Å²) in [6.07, 6.45) is 4.36. The van der Waals surface area contributed by atoms with Crippen molar-refractivity contribution in [3.8, 4) is 11.1 Å². The molecule has 2 aromatic carbocycles. The van der Waals surface area contributed by atoms with E-state index in [9.17, 15) is 4.79 Å². The van der Waals surface area contributed by atoms with Crippen molar-refractivity contribution >= 4 is 17.5 Å². The Hall–Kier alpha value is -3.08. The second kappa shape index (κ2) is 7.00. The number of hydrogen-bond donors (Lipinski definition) is 2. The highest BCUT2D eigenvalue weighted by atomic mass is 16.4. The van der Waals surface area contributed by atoms with E-state index in [-0.39, 0.29) is 5.84 Å². The van der Waals surface area contributed by atoms with E-state index in [0.29, 0.717) is 0 Å². The minimum absolute atomic E-state index is 0.381. The maximum Gasteiger partial charge on any atom is 0.371 e. The minimum Gasteiger partial charge on any atom is -0.475 e. The fourth-order valence-electron chi connectivity index (χ4n) is 2.83. The first-order valence-electron chi connectivity index (χ1n) is 7.81. The molecule has 5 heteroatoms. The summed E-state index contributed by atoms with van der Waals surface area (Å²) in [6, 6.07) is 18.2. The number of nitrogens with zero attached hydrogens (tertiary/aromatic N) is 2. The summed E-state index contributed by atoms with van der Waals surface area (Å²) in [7, 11) is 0. The van der Waals surface area contributed by atoms with Crippen LogP contribution in [0.5, 0.6) is 0 Å². The number of carbonyl (C=O) groups is 1. The lowest BCUT2D eigenvalue weighted by Crippen LogP contribution is -2.38. The van der Waals surface area contributed by atoms with E-state index in [4.69, 9.17) is 10.8 Å². The molecule has 122 valence electrons. The van der Waals surface area contributed by atoms with Crippen molar-refractivity contribution in [1.29, 1.82) is 0 Å². The average molecular weight is 321 g/mol. The van der Waals surface area contributed by atoms with Gasteiger partial charge >= 0.3 is 5.97 Å². The molecule has 24 heavy (non-hydrogen) atoms. The van der Waals surface area contributed by atoms with Gasteiger partial charge in [-0.05, 0) is 24.1 Å². The molecule has 5 nitrogen and oxygen atoms in total. The third-order valence-corrected chi connectivity index (χ3v) is 3.95. The van der Waals surface area contributed by atoms with Crippen LogP contribution in [0.4, 0.5) is 5.69 Å². The van der Waals surface area contributed by atoms with Crippen LogP contribution in [0, 0.1) is 0 Å². The molecule has 3 N–H and O–H groups in total. The Balaban J connectivity index is 2.03. The largest absolute Gasteiger partial charge is 0.475 e. The van der Waals surface area contributed by atoms with Gasteiger partial charge in [-0.2, -0.15) is 0 Å². The zero-order valence-corrected chi connectivity index (χ0v) is 13.2. The molecule has 0 saturated heterocycles. The summed E-state index contributed by atoms with van der Waals surface area (Å²) in [5.41, 5.74) is 8.73. The Morgan fingerprint density at radius 1 is 1.12 bits per heavy atom. The molecular weight excluding hydrogens is 302 g/mol. The molecule has 0 fully saturated rings. The number of para-hydroxylation sites is 1. The van der Waals surface area contributed by atoms with Crippen molar-refractivity contribution in [2.24, 2.45) is 10.7 Å². The Kier molecular flexibility index (Phi) is 4.61. The lowest BCUT2D eigenvalue weighted by atomic mass is 10.0. The number of aliphatic carboxylic acids is 1. The Morgan fingerprint density at radius 3 is 2.58 bits per heavy atom. The number of aliphatic imine (C=N–C) groups is 1. The van der Waals surface area contributed by atoms with Gasteiger partial charge in [0.2, 0.25) is 5.84 Å². The van der Waals surface area contributed by atoms with Gasteiger partial charge in [0.25, 0.3) is 0 Å². The first kappa shape index (κ1) is 15.8.